The third kappa shape index (κ3) is 5.93. The summed E-state index contributed by atoms with van der Waals surface area (Å²) in [6, 6.07) is 10.9. The maximum Gasteiger partial charge on any atom is 0.328 e. The van der Waals surface area contributed by atoms with Crippen LogP contribution in [-0.2, 0) is 23.7 Å². The molecule has 6 aromatic rings. The van der Waals surface area contributed by atoms with Crippen LogP contribution in [-0.4, -0.2) is 73.5 Å². The fraction of sp³-hybridized carbons (Fsp3) is 0.263. The Kier molecular flexibility index (Phi) is 8.21. The van der Waals surface area contributed by atoms with Gasteiger partial charge in [-0.25, -0.2) is 14.8 Å². The van der Waals surface area contributed by atoms with Crippen molar-refractivity contribution in [1.82, 2.24) is 39.7 Å². The van der Waals surface area contributed by atoms with Gasteiger partial charge in [0.15, 0.2) is 17.4 Å². The minimum absolute atomic E-state index is 0.0430. The van der Waals surface area contributed by atoms with Crippen LogP contribution in [0.4, 0.5) is 17.2 Å². The fourth-order valence-corrected chi connectivity index (χ4v) is 7.02. The fourth-order valence-electron chi connectivity index (χ4n) is 7.02. The van der Waals surface area contributed by atoms with Gasteiger partial charge in [-0.15, -0.1) is 0 Å². The number of rotatable bonds is 5. The zero-order valence-electron chi connectivity index (χ0n) is 29.4. The molecule has 1 aromatic carbocycles. The lowest BCUT2D eigenvalue weighted by Crippen LogP contribution is -2.39. The highest BCUT2D eigenvalue weighted by Gasteiger charge is 2.31. The minimum Gasteiger partial charge on any atom is -0.448 e. The molecule has 7 heterocycles. The Bertz CT molecular complexity index is 2610. The second kappa shape index (κ2) is 13.1. The number of carbonyl (C=O) groups is 3. The molecule has 53 heavy (non-hydrogen) atoms. The largest absolute Gasteiger partial charge is 0.448 e. The number of piperidine rings is 1. The van der Waals surface area contributed by atoms with E-state index in [1.807, 2.05) is 20.0 Å². The van der Waals surface area contributed by atoms with Gasteiger partial charge in [0.1, 0.15) is 17.0 Å². The van der Waals surface area contributed by atoms with Gasteiger partial charge in [0.25, 0.3) is 5.91 Å². The number of imide groups is 1. The lowest BCUT2D eigenvalue weighted by Gasteiger charge is -2.36. The predicted octanol–water partition coefficient (Wildman–Crippen LogP) is 3.07. The summed E-state index contributed by atoms with van der Waals surface area (Å²) in [4.78, 5) is 72.1. The molecule has 2 N–H and O–H groups in total. The summed E-state index contributed by atoms with van der Waals surface area (Å²) in [5.41, 5.74) is 6.43. The van der Waals surface area contributed by atoms with Crippen LogP contribution in [0.3, 0.4) is 0 Å². The summed E-state index contributed by atoms with van der Waals surface area (Å²) in [6.07, 6.45) is 5.54. The predicted molar refractivity (Wildman–Crippen MR) is 197 cm³/mol. The number of hydrogen-bond donors (Lipinski definition) is 2. The Morgan fingerprint density at radius 1 is 1.02 bits per heavy atom. The van der Waals surface area contributed by atoms with E-state index in [9.17, 15) is 19.2 Å². The van der Waals surface area contributed by atoms with E-state index in [1.54, 1.807) is 66.1 Å². The number of pyridine rings is 2. The van der Waals surface area contributed by atoms with Crippen LogP contribution in [0.25, 0.3) is 33.4 Å². The van der Waals surface area contributed by atoms with E-state index in [1.165, 1.54) is 0 Å². The van der Waals surface area contributed by atoms with Gasteiger partial charge in [0, 0.05) is 75.8 Å². The Balaban J connectivity index is 0.949. The van der Waals surface area contributed by atoms with Gasteiger partial charge in [0.2, 0.25) is 11.8 Å². The Morgan fingerprint density at radius 2 is 1.87 bits per heavy atom. The highest BCUT2D eigenvalue weighted by Crippen LogP contribution is 2.38. The maximum absolute atomic E-state index is 12.9. The molecule has 1 saturated heterocycles. The van der Waals surface area contributed by atoms with Crippen molar-refractivity contribution in [2.45, 2.75) is 25.7 Å². The van der Waals surface area contributed by atoms with Crippen molar-refractivity contribution >= 4 is 56.9 Å². The molecule has 1 fully saturated rings. The molecule has 2 aliphatic rings. The third-order valence-electron chi connectivity index (χ3n) is 9.76. The number of aromatic nitrogens is 6. The van der Waals surface area contributed by atoms with Gasteiger partial charge in [-0.1, -0.05) is 5.92 Å². The Hall–Kier alpha value is -6.82. The SMILES string of the molecule is Cc1cc(N2CCN(C)c3nc(-c4ccc(C(=O)NCC#Cc5cc6c(C7CCC(=O)NC7=O)nccc6o5)nc4)ncc32)cc2c1n(C)c(=O)n2C. The summed E-state index contributed by atoms with van der Waals surface area (Å²) in [7, 11) is 5.56. The van der Waals surface area contributed by atoms with Gasteiger partial charge in [-0.05, 0) is 55.2 Å². The number of fused-ring (bicyclic) bond motifs is 3. The monoisotopic (exact) mass is 710 g/mol. The van der Waals surface area contributed by atoms with E-state index < -0.39 is 11.8 Å². The molecule has 0 radical (unpaired) electrons. The van der Waals surface area contributed by atoms with Crippen molar-refractivity contribution in [2.24, 2.45) is 14.1 Å². The van der Waals surface area contributed by atoms with Crippen LogP contribution in [0.2, 0.25) is 0 Å². The first kappa shape index (κ1) is 33.3. The number of aryl methyl sites for hydroxylation is 3. The molecule has 8 rings (SSSR count). The van der Waals surface area contributed by atoms with E-state index in [2.05, 4.69) is 53.3 Å². The molecule has 0 spiro atoms. The molecule has 0 bridgehead atoms. The number of nitrogens with zero attached hydrogens (tertiary/aromatic N) is 8. The number of likely N-dealkylation sites (N-methyl/N-ethyl adjacent to an activating group) is 1. The van der Waals surface area contributed by atoms with E-state index in [0.29, 0.717) is 40.2 Å². The van der Waals surface area contributed by atoms with Gasteiger partial charge < -0.3 is 19.5 Å². The summed E-state index contributed by atoms with van der Waals surface area (Å²) in [5, 5.41) is 5.77. The smallest absolute Gasteiger partial charge is 0.328 e. The Morgan fingerprint density at radius 3 is 2.66 bits per heavy atom. The van der Waals surface area contributed by atoms with Crippen LogP contribution in [0, 0.1) is 18.8 Å². The van der Waals surface area contributed by atoms with Crippen LogP contribution in [0.1, 0.15) is 46.3 Å². The van der Waals surface area contributed by atoms with Gasteiger partial charge in [0.05, 0.1) is 35.4 Å². The molecular formula is C38H34N10O5. The van der Waals surface area contributed by atoms with Crippen molar-refractivity contribution < 1.29 is 18.8 Å². The first-order valence-corrected chi connectivity index (χ1v) is 17.0. The highest BCUT2D eigenvalue weighted by atomic mass is 16.3. The molecule has 0 saturated carbocycles. The van der Waals surface area contributed by atoms with E-state index >= 15 is 0 Å². The molecular weight excluding hydrogens is 676 g/mol. The van der Waals surface area contributed by atoms with Crippen molar-refractivity contribution in [3.63, 3.8) is 0 Å². The van der Waals surface area contributed by atoms with Crippen molar-refractivity contribution in [1.29, 1.82) is 0 Å². The Labute approximate surface area is 302 Å². The number of imidazole rings is 1. The van der Waals surface area contributed by atoms with Crippen LogP contribution in [0.5, 0.6) is 0 Å². The average molecular weight is 711 g/mol. The van der Waals surface area contributed by atoms with E-state index in [0.717, 1.165) is 46.9 Å². The molecule has 1 atom stereocenters. The number of furan rings is 1. The lowest BCUT2D eigenvalue weighted by atomic mass is 9.92. The molecule has 15 nitrogen and oxygen atoms in total. The third-order valence-corrected chi connectivity index (χ3v) is 9.76. The van der Waals surface area contributed by atoms with Gasteiger partial charge in [-0.3, -0.25) is 38.8 Å². The van der Waals surface area contributed by atoms with Crippen LogP contribution >= 0.6 is 0 Å². The number of anilines is 3. The molecule has 15 heteroatoms. The van der Waals surface area contributed by atoms with Gasteiger partial charge in [-0.2, -0.15) is 0 Å². The first-order valence-electron chi connectivity index (χ1n) is 17.0. The summed E-state index contributed by atoms with van der Waals surface area (Å²) >= 11 is 0. The zero-order valence-corrected chi connectivity index (χ0v) is 29.4. The van der Waals surface area contributed by atoms with E-state index in [4.69, 9.17) is 9.40 Å². The van der Waals surface area contributed by atoms with Crippen molar-refractivity contribution in [3.05, 3.63) is 88.2 Å². The van der Waals surface area contributed by atoms with Crippen molar-refractivity contribution in [3.8, 4) is 23.2 Å². The summed E-state index contributed by atoms with van der Waals surface area (Å²) < 4.78 is 9.17. The lowest BCUT2D eigenvalue weighted by molar-refractivity contribution is -0.134. The number of nitrogens with one attached hydrogen (secondary N) is 2. The average Bonchev–Trinajstić information content (AvgIpc) is 3.68. The molecule has 1 unspecified atom stereocenters. The summed E-state index contributed by atoms with van der Waals surface area (Å²) in [6.45, 7) is 3.50. The molecule has 3 amide bonds. The number of carbonyl (C=O) groups excluding carboxylic acids is 3. The highest BCUT2D eigenvalue weighted by molar-refractivity contribution is 6.02. The minimum atomic E-state index is -0.552. The molecule has 0 aliphatic carbocycles. The standard InChI is InChI=1S/C38H34N10O5/c1-21-16-23(17-28-33(21)47(4)38(52)46(28)3)48-15-14-45(2)35-29(48)20-42-34(44-35)22-7-9-27(41-19-22)37(51)40-12-5-6-24-18-26-30(53-24)11-13-39-32(26)25-8-10-31(49)43-36(25)50/h7,9,11,13,16-20,25H,8,10,12,14-15H2,1-4H3,(H,40,51)(H,43,49,50). The number of amides is 3. The molecule has 266 valence electrons. The zero-order chi connectivity index (χ0) is 37.0. The molecule has 2 aliphatic heterocycles. The quantitative estimate of drug-likeness (QED) is 0.199. The second-order valence-corrected chi connectivity index (χ2v) is 13.1. The van der Waals surface area contributed by atoms with Crippen LogP contribution < -0.4 is 26.1 Å². The maximum atomic E-state index is 12.9. The summed E-state index contributed by atoms with van der Waals surface area (Å²) in [5.74, 6) is 5.76. The van der Waals surface area contributed by atoms with Gasteiger partial charge >= 0.3 is 5.69 Å². The normalized spacial score (nSPS) is 15.7. The van der Waals surface area contributed by atoms with Crippen molar-refractivity contribution in [2.75, 3.05) is 36.5 Å². The first-order chi connectivity index (χ1) is 25.6. The topological polar surface area (TPSA) is 173 Å². The number of benzene rings is 1. The van der Waals surface area contributed by atoms with E-state index in [-0.39, 0.29) is 36.2 Å². The molecule has 5 aromatic heterocycles. The number of hydrogen-bond acceptors (Lipinski definition) is 11. The van der Waals surface area contributed by atoms with Crippen LogP contribution in [0.15, 0.2) is 64.2 Å². The second-order valence-electron chi connectivity index (χ2n) is 13.1.